The quantitative estimate of drug-likeness (QED) is 0.451. The minimum absolute atomic E-state index is 0.142. The van der Waals surface area contributed by atoms with Crippen LogP contribution in [0.25, 0.3) is 17.2 Å². The summed E-state index contributed by atoms with van der Waals surface area (Å²) >= 11 is 0. The van der Waals surface area contributed by atoms with Gasteiger partial charge >= 0.3 is 5.97 Å². The lowest BCUT2D eigenvalue weighted by molar-refractivity contribution is -0.143. The van der Waals surface area contributed by atoms with Crippen molar-refractivity contribution in [3.05, 3.63) is 59.2 Å². The smallest absolute Gasteiger partial charge is 0.310 e. The number of hydrogen-bond acceptors (Lipinski definition) is 7. The molecule has 9 heteroatoms. The minimum Gasteiger partial charge on any atom is -0.464 e. The molecule has 0 aliphatic carbocycles. The van der Waals surface area contributed by atoms with Crippen molar-refractivity contribution >= 4 is 35.4 Å². The van der Waals surface area contributed by atoms with Crippen LogP contribution in [0.3, 0.4) is 0 Å². The lowest BCUT2D eigenvalue weighted by atomic mass is 9.99. The van der Waals surface area contributed by atoms with E-state index in [-0.39, 0.29) is 31.3 Å². The molecule has 0 radical (unpaired) electrons. The summed E-state index contributed by atoms with van der Waals surface area (Å²) in [6, 6.07) is 13.5. The molecule has 3 rings (SSSR count). The zero-order valence-corrected chi connectivity index (χ0v) is 21.7. The number of carbonyl (C=O) groups is 3. The van der Waals surface area contributed by atoms with Crippen molar-refractivity contribution in [1.82, 2.24) is 9.80 Å². The zero-order valence-electron chi connectivity index (χ0n) is 21.7. The molecule has 0 spiro atoms. The average Bonchev–Trinajstić information content (AvgIpc) is 3.00. The van der Waals surface area contributed by atoms with Crippen LogP contribution in [-0.4, -0.2) is 73.8 Å². The van der Waals surface area contributed by atoms with Crippen molar-refractivity contribution in [3.8, 4) is 11.1 Å². The minimum atomic E-state index is -0.560. The Hall–Kier alpha value is -3.98. The van der Waals surface area contributed by atoms with Crippen LogP contribution in [0.1, 0.15) is 30.9 Å². The van der Waals surface area contributed by atoms with Crippen molar-refractivity contribution in [2.45, 2.75) is 26.2 Å². The van der Waals surface area contributed by atoms with E-state index >= 15 is 0 Å². The lowest BCUT2D eigenvalue weighted by Gasteiger charge is -2.21. The highest BCUT2D eigenvalue weighted by Crippen LogP contribution is 2.32. The maximum Gasteiger partial charge on any atom is 0.310 e. The van der Waals surface area contributed by atoms with Gasteiger partial charge in [-0.25, -0.2) is 4.99 Å². The highest BCUT2D eigenvalue weighted by atomic mass is 16.5. The maximum absolute atomic E-state index is 13.1. The van der Waals surface area contributed by atoms with Crippen molar-refractivity contribution < 1.29 is 19.1 Å². The molecular formula is C28H35N5O4. The van der Waals surface area contributed by atoms with E-state index < -0.39 is 5.91 Å². The molecule has 0 unspecified atom stereocenters. The van der Waals surface area contributed by atoms with Crippen LogP contribution in [0, 0.1) is 0 Å². The molecule has 0 atom stereocenters. The van der Waals surface area contributed by atoms with Gasteiger partial charge in [-0.05, 0) is 49.3 Å². The van der Waals surface area contributed by atoms with Gasteiger partial charge in [0.05, 0.1) is 18.7 Å². The molecule has 1 aliphatic heterocycles. The molecule has 1 aliphatic rings. The Balaban J connectivity index is 1.77. The molecule has 0 saturated carbocycles. The van der Waals surface area contributed by atoms with Gasteiger partial charge in [-0.15, -0.1) is 0 Å². The van der Waals surface area contributed by atoms with Gasteiger partial charge in [0.15, 0.2) is 0 Å². The predicted octanol–water partition coefficient (Wildman–Crippen LogP) is 2.50. The first-order chi connectivity index (χ1) is 17.7. The fraction of sp³-hybridized carbons (Fsp3) is 0.357. The Morgan fingerprint density at radius 1 is 1.03 bits per heavy atom. The molecule has 9 nitrogen and oxygen atoms in total. The highest BCUT2D eigenvalue weighted by molar-refractivity contribution is 6.06. The number of likely N-dealkylation sites (N-methyl/N-ethyl adjacent to an activating group) is 1. The third-order valence-electron chi connectivity index (χ3n) is 5.84. The number of ether oxygens (including phenoxy) is 1. The number of esters is 1. The van der Waals surface area contributed by atoms with E-state index in [1.165, 1.54) is 4.90 Å². The van der Waals surface area contributed by atoms with Gasteiger partial charge in [-0.3, -0.25) is 14.4 Å². The van der Waals surface area contributed by atoms with Gasteiger partial charge < -0.3 is 26.0 Å². The standard InChI is InChI=1S/C28H35N5O4/c1-4-11-33(18-26(30)34)28(36)23-15-22-10-9-21(16-24(22)31-25(29)17-23)20-7-5-19(6-8-20)14-27(35)37-13-12-32(2)3/h5-10,15-16H,4,11-14,17-18H2,1-3H3,(H2,29,31)(H2,30,34). The number of amides is 2. The Bertz CT molecular complexity index is 1200. The third kappa shape index (κ3) is 8.01. The van der Waals surface area contributed by atoms with Gasteiger partial charge in [-0.2, -0.15) is 0 Å². The number of fused-ring (bicyclic) bond motifs is 1. The molecule has 0 saturated heterocycles. The average molecular weight is 506 g/mol. The molecule has 2 aromatic rings. The Morgan fingerprint density at radius 2 is 1.73 bits per heavy atom. The molecule has 37 heavy (non-hydrogen) atoms. The first-order valence-electron chi connectivity index (χ1n) is 12.3. The van der Waals surface area contributed by atoms with Gasteiger partial charge in [0.2, 0.25) is 5.91 Å². The Morgan fingerprint density at radius 3 is 2.38 bits per heavy atom. The summed E-state index contributed by atoms with van der Waals surface area (Å²) in [4.78, 5) is 44.6. The monoisotopic (exact) mass is 505 g/mol. The van der Waals surface area contributed by atoms with Crippen molar-refractivity contribution in [2.75, 3.05) is 40.3 Å². The zero-order chi connectivity index (χ0) is 26.9. The molecule has 2 amide bonds. The highest BCUT2D eigenvalue weighted by Gasteiger charge is 2.22. The first-order valence-corrected chi connectivity index (χ1v) is 12.3. The number of amidine groups is 1. The fourth-order valence-electron chi connectivity index (χ4n) is 4.00. The maximum atomic E-state index is 13.1. The number of hydrogen-bond donors (Lipinski definition) is 2. The number of aliphatic imine (C=N–C) groups is 1. The second kappa shape index (κ2) is 12.8. The van der Waals surface area contributed by atoms with Crippen molar-refractivity contribution in [2.24, 2.45) is 16.5 Å². The van der Waals surface area contributed by atoms with Crippen molar-refractivity contribution in [3.63, 3.8) is 0 Å². The fourth-order valence-corrected chi connectivity index (χ4v) is 4.00. The molecular weight excluding hydrogens is 470 g/mol. The van der Waals surface area contributed by atoms with Crippen LogP contribution in [0.5, 0.6) is 0 Å². The second-order valence-electron chi connectivity index (χ2n) is 9.31. The Labute approximate surface area is 217 Å². The Kier molecular flexibility index (Phi) is 9.57. The summed E-state index contributed by atoms with van der Waals surface area (Å²) in [6.45, 7) is 3.26. The van der Waals surface area contributed by atoms with E-state index in [2.05, 4.69) is 4.99 Å². The summed E-state index contributed by atoms with van der Waals surface area (Å²) in [5, 5.41) is 0. The van der Waals surface area contributed by atoms with E-state index in [1.54, 1.807) is 6.08 Å². The lowest BCUT2D eigenvalue weighted by Crippen LogP contribution is -2.40. The number of benzene rings is 2. The second-order valence-corrected chi connectivity index (χ2v) is 9.31. The number of rotatable bonds is 11. The van der Waals surface area contributed by atoms with Crippen molar-refractivity contribution in [1.29, 1.82) is 0 Å². The van der Waals surface area contributed by atoms with Crippen LogP contribution in [0.15, 0.2) is 53.0 Å². The summed E-state index contributed by atoms with van der Waals surface area (Å²) in [7, 11) is 3.86. The molecule has 4 N–H and O–H groups in total. The molecule has 2 aromatic carbocycles. The summed E-state index contributed by atoms with van der Waals surface area (Å²) < 4.78 is 5.27. The van der Waals surface area contributed by atoms with Gasteiger partial charge in [0.1, 0.15) is 12.4 Å². The van der Waals surface area contributed by atoms with Gasteiger partial charge in [0, 0.05) is 30.6 Å². The topological polar surface area (TPSA) is 131 Å². The summed E-state index contributed by atoms with van der Waals surface area (Å²) in [6.07, 6.45) is 2.87. The predicted molar refractivity (Wildman–Crippen MR) is 145 cm³/mol. The molecule has 0 fully saturated rings. The van der Waals surface area contributed by atoms with E-state index in [0.29, 0.717) is 43.2 Å². The number of carbonyl (C=O) groups excluding carboxylic acids is 3. The van der Waals surface area contributed by atoms with E-state index in [1.807, 2.05) is 68.4 Å². The normalized spacial score (nSPS) is 12.8. The van der Waals surface area contributed by atoms with Crippen LogP contribution < -0.4 is 11.5 Å². The van der Waals surface area contributed by atoms with E-state index in [0.717, 1.165) is 22.3 Å². The summed E-state index contributed by atoms with van der Waals surface area (Å²) in [5.41, 5.74) is 16.1. The number of nitrogens with zero attached hydrogens (tertiary/aromatic N) is 3. The number of primary amides is 1. The van der Waals surface area contributed by atoms with Gasteiger partial charge in [0.25, 0.3) is 5.91 Å². The van der Waals surface area contributed by atoms with Crippen LogP contribution >= 0.6 is 0 Å². The number of nitrogens with two attached hydrogens (primary N) is 2. The molecule has 0 aromatic heterocycles. The van der Waals surface area contributed by atoms with Crippen LogP contribution in [0.4, 0.5) is 5.69 Å². The third-order valence-corrected chi connectivity index (χ3v) is 5.84. The van der Waals surface area contributed by atoms with E-state index in [9.17, 15) is 14.4 Å². The van der Waals surface area contributed by atoms with E-state index in [4.69, 9.17) is 16.2 Å². The van der Waals surface area contributed by atoms with Crippen LogP contribution in [-0.2, 0) is 25.5 Å². The molecule has 1 heterocycles. The van der Waals surface area contributed by atoms with Crippen LogP contribution in [0.2, 0.25) is 0 Å². The molecule has 0 bridgehead atoms. The first kappa shape index (κ1) is 27.6. The van der Waals surface area contributed by atoms with Gasteiger partial charge in [-0.1, -0.05) is 43.3 Å². The largest absolute Gasteiger partial charge is 0.464 e. The summed E-state index contributed by atoms with van der Waals surface area (Å²) in [5.74, 6) is -0.773. The SMILES string of the molecule is CCCN(CC(N)=O)C(=O)C1=Cc2ccc(-c3ccc(CC(=O)OCCN(C)C)cc3)cc2N=C(N)C1. The molecule has 196 valence electrons.